The summed E-state index contributed by atoms with van der Waals surface area (Å²) in [5.41, 5.74) is 4.31. The van der Waals surface area contributed by atoms with Crippen molar-refractivity contribution in [3.8, 4) is 11.1 Å². The van der Waals surface area contributed by atoms with Crippen LogP contribution >= 0.6 is 24.8 Å². The molecule has 0 amide bonds. The fraction of sp³-hybridized carbons (Fsp3) is 0.381. The van der Waals surface area contributed by atoms with Crippen molar-refractivity contribution >= 4 is 35.8 Å². The number of aromatic nitrogens is 2. The zero-order valence-corrected chi connectivity index (χ0v) is 16.8. The van der Waals surface area contributed by atoms with Gasteiger partial charge in [-0.05, 0) is 54.6 Å². The Morgan fingerprint density at radius 1 is 1.04 bits per heavy atom. The van der Waals surface area contributed by atoms with Crippen LogP contribution in [-0.4, -0.2) is 16.5 Å². The number of halogens is 3. The Balaban J connectivity index is 0.00000131. The number of hydrogen-bond acceptors (Lipinski definition) is 2. The number of benzene rings is 2. The second-order valence-corrected chi connectivity index (χ2v) is 7.08. The molecule has 27 heavy (non-hydrogen) atoms. The maximum absolute atomic E-state index is 14.6. The molecule has 0 spiro atoms. The van der Waals surface area contributed by atoms with Gasteiger partial charge >= 0.3 is 0 Å². The first-order chi connectivity index (χ1) is 12.3. The van der Waals surface area contributed by atoms with Gasteiger partial charge in [0.25, 0.3) is 0 Å². The molecule has 2 aromatic carbocycles. The standard InChI is InChI=1S/C21H24FN3.2ClH/c22-19-10-16(13-23-12-15-4-2-1-3-5-15)6-8-18(19)17-7-9-20-21(11-17)25-14-24-20;;/h6-11,14-15,23H,1-5,12-13H2,(H,24,25);2*1H. The largest absolute Gasteiger partial charge is 0.345 e. The molecular weight excluding hydrogens is 384 g/mol. The lowest BCUT2D eigenvalue weighted by molar-refractivity contribution is 0.342. The first-order valence-electron chi connectivity index (χ1n) is 9.22. The van der Waals surface area contributed by atoms with Crippen molar-refractivity contribution in [2.24, 2.45) is 5.92 Å². The molecule has 3 aromatic rings. The van der Waals surface area contributed by atoms with Crippen LogP contribution in [0.3, 0.4) is 0 Å². The Labute approximate surface area is 172 Å². The van der Waals surface area contributed by atoms with Crippen LogP contribution in [0.1, 0.15) is 37.7 Å². The highest BCUT2D eigenvalue weighted by atomic mass is 35.5. The molecule has 1 heterocycles. The van der Waals surface area contributed by atoms with Crippen molar-refractivity contribution in [3.63, 3.8) is 0 Å². The van der Waals surface area contributed by atoms with Gasteiger partial charge < -0.3 is 10.3 Å². The molecule has 0 atom stereocenters. The highest BCUT2D eigenvalue weighted by molar-refractivity contribution is 5.85. The van der Waals surface area contributed by atoms with E-state index in [-0.39, 0.29) is 30.6 Å². The highest BCUT2D eigenvalue weighted by Crippen LogP contribution is 2.26. The van der Waals surface area contributed by atoms with E-state index in [0.717, 1.165) is 41.2 Å². The van der Waals surface area contributed by atoms with E-state index in [9.17, 15) is 4.39 Å². The summed E-state index contributed by atoms with van der Waals surface area (Å²) < 4.78 is 14.6. The summed E-state index contributed by atoms with van der Waals surface area (Å²) in [6.07, 6.45) is 8.41. The maximum atomic E-state index is 14.6. The van der Waals surface area contributed by atoms with Crippen molar-refractivity contribution < 1.29 is 4.39 Å². The van der Waals surface area contributed by atoms with Gasteiger partial charge in [-0.2, -0.15) is 0 Å². The molecule has 0 bridgehead atoms. The second kappa shape index (κ2) is 10.1. The minimum Gasteiger partial charge on any atom is -0.345 e. The van der Waals surface area contributed by atoms with E-state index in [1.807, 2.05) is 30.3 Å². The van der Waals surface area contributed by atoms with Gasteiger partial charge in [-0.15, -0.1) is 24.8 Å². The topological polar surface area (TPSA) is 40.7 Å². The average molecular weight is 410 g/mol. The Kier molecular flexibility index (Phi) is 8.08. The van der Waals surface area contributed by atoms with Crippen LogP contribution in [0.5, 0.6) is 0 Å². The minimum atomic E-state index is -0.174. The lowest BCUT2D eigenvalue weighted by Gasteiger charge is -2.21. The molecule has 1 saturated carbocycles. The molecule has 0 aliphatic heterocycles. The number of H-pyrrole nitrogens is 1. The molecule has 0 unspecified atom stereocenters. The van der Waals surface area contributed by atoms with E-state index in [4.69, 9.17) is 0 Å². The van der Waals surface area contributed by atoms with Gasteiger partial charge in [0.05, 0.1) is 17.4 Å². The number of aromatic amines is 1. The average Bonchev–Trinajstić information content (AvgIpc) is 3.10. The van der Waals surface area contributed by atoms with Crippen molar-refractivity contribution in [1.82, 2.24) is 15.3 Å². The fourth-order valence-corrected chi connectivity index (χ4v) is 3.81. The predicted molar refractivity (Wildman–Crippen MR) is 114 cm³/mol. The van der Waals surface area contributed by atoms with Crippen molar-refractivity contribution in [2.45, 2.75) is 38.6 Å². The van der Waals surface area contributed by atoms with Crippen LogP contribution in [0.4, 0.5) is 4.39 Å². The Morgan fingerprint density at radius 3 is 2.63 bits per heavy atom. The fourth-order valence-electron chi connectivity index (χ4n) is 3.81. The summed E-state index contributed by atoms with van der Waals surface area (Å²) in [7, 11) is 0. The van der Waals surface area contributed by atoms with Gasteiger partial charge in [-0.25, -0.2) is 9.37 Å². The van der Waals surface area contributed by atoms with Gasteiger partial charge in [-0.1, -0.05) is 37.5 Å². The highest BCUT2D eigenvalue weighted by Gasteiger charge is 2.13. The number of fused-ring (bicyclic) bond motifs is 1. The number of imidazole rings is 1. The summed E-state index contributed by atoms with van der Waals surface area (Å²) in [4.78, 5) is 7.31. The van der Waals surface area contributed by atoms with E-state index in [2.05, 4.69) is 15.3 Å². The quantitative estimate of drug-likeness (QED) is 0.551. The summed E-state index contributed by atoms with van der Waals surface area (Å²) in [6, 6.07) is 11.3. The van der Waals surface area contributed by atoms with Crippen molar-refractivity contribution in [1.29, 1.82) is 0 Å². The van der Waals surface area contributed by atoms with Crippen LogP contribution in [0, 0.1) is 11.7 Å². The molecule has 3 nitrogen and oxygen atoms in total. The lowest BCUT2D eigenvalue weighted by Crippen LogP contribution is -2.24. The van der Waals surface area contributed by atoms with Gasteiger partial charge in [0.1, 0.15) is 5.82 Å². The number of nitrogens with zero attached hydrogens (tertiary/aromatic N) is 1. The SMILES string of the molecule is Cl.Cl.Fc1cc(CNCC2CCCCC2)ccc1-c1ccc2[nH]cnc2c1. The zero-order chi connectivity index (χ0) is 17.1. The van der Waals surface area contributed by atoms with Gasteiger partial charge in [-0.3, -0.25) is 0 Å². The maximum Gasteiger partial charge on any atom is 0.131 e. The molecule has 146 valence electrons. The Hall–Kier alpha value is -1.62. The monoisotopic (exact) mass is 409 g/mol. The molecule has 0 radical (unpaired) electrons. The van der Waals surface area contributed by atoms with Gasteiger partial charge in [0, 0.05) is 12.1 Å². The molecule has 1 aromatic heterocycles. The normalized spacial score (nSPS) is 14.6. The Bertz CT molecular complexity index is 860. The number of rotatable bonds is 5. The molecule has 1 aliphatic rings. The molecule has 6 heteroatoms. The third kappa shape index (κ3) is 5.22. The summed E-state index contributed by atoms with van der Waals surface area (Å²) in [5.74, 6) is 0.616. The molecule has 2 N–H and O–H groups in total. The van der Waals surface area contributed by atoms with Crippen LogP contribution < -0.4 is 5.32 Å². The number of nitrogens with one attached hydrogen (secondary N) is 2. The molecular formula is C21H26Cl2FN3. The van der Waals surface area contributed by atoms with E-state index in [1.54, 1.807) is 12.4 Å². The van der Waals surface area contributed by atoms with E-state index in [0.29, 0.717) is 5.56 Å². The third-order valence-corrected chi connectivity index (χ3v) is 5.25. The van der Waals surface area contributed by atoms with Gasteiger partial charge in [0.15, 0.2) is 0 Å². The molecule has 4 rings (SSSR count). The van der Waals surface area contributed by atoms with Crippen molar-refractivity contribution in [2.75, 3.05) is 6.54 Å². The van der Waals surface area contributed by atoms with Crippen LogP contribution in [0.25, 0.3) is 22.2 Å². The molecule has 1 fully saturated rings. The zero-order valence-electron chi connectivity index (χ0n) is 15.2. The van der Waals surface area contributed by atoms with E-state index >= 15 is 0 Å². The Morgan fingerprint density at radius 2 is 1.85 bits per heavy atom. The summed E-state index contributed by atoms with van der Waals surface area (Å²) in [5, 5.41) is 3.50. The van der Waals surface area contributed by atoms with Gasteiger partial charge in [0.2, 0.25) is 0 Å². The summed E-state index contributed by atoms with van der Waals surface area (Å²) in [6.45, 7) is 1.77. The van der Waals surface area contributed by atoms with Crippen molar-refractivity contribution in [3.05, 3.63) is 54.1 Å². The molecule has 0 saturated heterocycles. The smallest absolute Gasteiger partial charge is 0.131 e. The van der Waals surface area contributed by atoms with E-state index in [1.165, 1.54) is 32.1 Å². The minimum absolute atomic E-state index is 0. The summed E-state index contributed by atoms with van der Waals surface area (Å²) >= 11 is 0. The lowest BCUT2D eigenvalue weighted by atomic mass is 9.89. The van der Waals surface area contributed by atoms with Crippen LogP contribution in [0.2, 0.25) is 0 Å². The van der Waals surface area contributed by atoms with E-state index < -0.39 is 0 Å². The first kappa shape index (κ1) is 21.7. The number of hydrogen-bond donors (Lipinski definition) is 2. The third-order valence-electron chi connectivity index (χ3n) is 5.25. The molecule has 1 aliphatic carbocycles. The second-order valence-electron chi connectivity index (χ2n) is 7.08. The predicted octanol–water partition coefficient (Wildman–Crippen LogP) is 5.88. The first-order valence-corrected chi connectivity index (χ1v) is 9.22. The van der Waals surface area contributed by atoms with Crippen LogP contribution in [-0.2, 0) is 6.54 Å². The van der Waals surface area contributed by atoms with Crippen LogP contribution in [0.15, 0.2) is 42.7 Å².